The molecule has 4 nitrogen and oxygen atoms in total. The highest BCUT2D eigenvalue weighted by Crippen LogP contribution is 2.23. The molecule has 1 atom stereocenters. The molecular weight excluding hydrogens is 262 g/mol. The van der Waals surface area contributed by atoms with Crippen LogP contribution in [0.1, 0.15) is 32.4 Å². The maximum atomic E-state index is 12.9. The van der Waals surface area contributed by atoms with Gasteiger partial charge in [-0.15, -0.1) is 0 Å². The van der Waals surface area contributed by atoms with Gasteiger partial charge in [0.1, 0.15) is 6.04 Å². The fourth-order valence-corrected chi connectivity index (χ4v) is 2.40. The Balaban J connectivity index is 2.96. The highest BCUT2D eigenvalue weighted by molar-refractivity contribution is 5.83. The first kappa shape index (κ1) is 17.7. The zero-order chi connectivity index (χ0) is 16.0. The number of hydrogen-bond acceptors (Lipinski definition) is 3. The van der Waals surface area contributed by atoms with Gasteiger partial charge in [0.25, 0.3) is 0 Å². The molecule has 0 aliphatic carbocycles. The predicted octanol–water partition coefficient (Wildman–Crippen LogP) is 2.12. The van der Waals surface area contributed by atoms with Gasteiger partial charge in [-0.25, -0.2) is 0 Å². The van der Waals surface area contributed by atoms with Crippen LogP contribution in [0.2, 0.25) is 0 Å². The van der Waals surface area contributed by atoms with Crippen LogP contribution in [0.15, 0.2) is 30.3 Å². The van der Waals surface area contributed by atoms with Crippen molar-refractivity contribution in [1.82, 2.24) is 9.80 Å². The van der Waals surface area contributed by atoms with Gasteiger partial charge in [0.15, 0.2) is 0 Å². The van der Waals surface area contributed by atoms with Crippen LogP contribution in [0.3, 0.4) is 0 Å². The molecule has 1 rings (SSSR count). The third-order valence-corrected chi connectivity index (χ3v) is 3.88. The molecule has 4 heteroatoms. The Morgan fingerprint density at radius 1 is 1.24 bits per heavy atom. The molecular formula is C17H29N3O. The molecule has 0 saturated carbocycles. The maximum absolute atomic E-state index is 12.9. The minimum atomic E-state index is -0.241. The Morgan fingerprint density at radius 2 is 1.81 bits per heavy atom. The fourth-order valence-electron chi connectivity index (χ4n) is 2.40. The van der Waals surface area contributed by atoms with Gasteiger partial charge in [-0.3, -0.25) is 9.69 Å². The van der Waals surface area contributed by atoms with Crippen molar-refractivity contribution in [3.8, 4) is 0 Å². The van der Waals surface area contributed by atoms with Crippen molar-refractivity contribution >= 4 is 5.91 Å². The summed E-state index contributed by atoms with van der Waals surface area (Å²) < 4.78 is 0. The Bertz CT molecular complexity index is 445. The Hall–Kier alpha value is -1.39. The van der Waals surface area contributed by atoms with Gasteiger partial charge >= 0.3 is 0 Å². The normalized spacial score (nSPS) is 13.3. The Morgan fingerprint density at radius 3 is 2.29 bits per heavy atom. The maximum Gasteiger partial charge on any atom is 0.244 e. The first-order valence-electron chi connectivity index (χ1n) is 7.52. The standard InChI is InChI=1S/C17H29N3O/c1-6-19(4)15(14-10-8-7-9-11-14)16(21)20(5)13-17(2,3)12-18/h7-11,15H,6,12-13,18H2,1-5H3. The summed E-state index contributed by atoms with van der Waals surface area (Å²) in [5, 5.41) is 0. The predicted molar refractivity (Wildman–Crippen MR) is 88.0 cm³/mol. The molecule has 0 aliphatic heterocycles. The molecule has 0 spiro atoms. The van der Waals surface area contributed by atoms with Gasteiger partial charge in [-0.1, -0.05) is 51.1 Å². The average molecular weight is 291 g/mol. The van der Waals surface area contributed by atoms with Crippen LogP contribution in [0, 0.1) is 5.41 Å². The second-order valence-electron chi connectivity index (χ2n) is 6.45. The lowest BCUT2D eigenvalue weighted by Gasteiger charge is -2.34. The van der Waals surface area contributed by atoms with Crippen LogP contribution in [-0.4, -0.2) is 49.4 Å². The van der Waals surface area contributed by atoms with Crippen LogP contribution >= 0.6 is 0 Å². The Labute approximate surface area is 128 Å². The fraction of sp³-hybridized carbons (Fsp3) is 0.588. The topological polar surface area (TPSA) is 49.6 Å². The lowest BCUT2D eigenvalue weighted by atomic mass is 9.92. The summed E-state index contributed by atoms with van der Waals surface area (Å²) in [6, 6.07) is 9.70. The van der Waals surface area contributed by atoms with Crippen molar-refractivity contribution in [3.05, 3.63) is 35.9 Å². The number of carbonyl (C=O) groups excluding carboxylic acids is 1. The molecule has 0 aliphatic rings. The zero-order valence-corrected chi connectivity index (χ0v) is 14.0. The molecule has 21 heavy (non-hydrogen) atoms. The molecule has 0 radical (unpaired) electrons. The van der Waals surface area contributed by atoms with Crippen LogP contribution < -0.4 is 5.73 Å². The summed E-state index contributed by atoms with van der Waals surface area (Å²) in [6.45, 7) is 8.26. The van der Waals surface area contributed by atoms with Crippen LogP contribution in [0.4, 0.5) is 0 Å². The lowest BCUT2D eigenvalue weighted by molar-refractivity contribution is -0.136. The monoisotopic (exact) mass is 291 g/mol. The summed E-state index contributed by atoms with van der Waals surface area (Å²) in [5.41, 5.74) is 6.74. The largest absolute Gasteiger partial charge is 0.344 e. The van der Waals surface area contributed by atoms with Crippen molar-refractivity contribution in [1.29, 1.82) is 0 Å². The van der Waals surface area contributed by atoms with Crippen molar-refractivity contribution in [3.63, 3.8) is 0 Å². The van der Waals surface area contributed by atoms with E-state index >= 15 is 0 Å². The van der Waals surface area contributed by atoms with Gasteiger partial charge in [0.05, 0.1) is 0 Å². The van der Waals surface area contributed by atoms with Gasteiger partial charge in [0, 0.05) is 13.6 Å². The van der Waals surface area contributed by atoms with E-state index in [4.69, 9.17) is 5.73 Å². The number of benzene rings is 1. The second-order valence-corrected chi connectivity index (χ2v) is 6.45. The van der Waals surface area contributed by atoms with Gasteiger partial charge in [0.2, 0.25) is 5.91 Å². The van der Waals surface area contributed by atoms with E-state index in [0.717, 1.165) is 12.1 Å². The van der Waals surface area contributed by atoms with Crippen LogP contribution in [-0.2, 0) is 4.79 Å². The SMILES string of the molecule is CCN(C)C(C(=O)N(C)CC(C)(C)CN)c1ccccc1. The Kier molecular flexibility index (Phi) is 6.37. The van der Waals surface area contributed by atoms with Gasteiger partial charge in [-0.05, 0) is 31.1 Å². The lowest BCUT2D eigenvalue weighted by Crippen LogP contribution is -2.45. The highest BCUT2D eigenvalue weighted by atomic mass is 16.2. The van der Waals surface area contributed by atoms with E-state index in [9.17, 15) is 4.79 Å². The summed E-state index contributed by atoms with van der Waals surface area (Å²) in [6.07, 6.45) is 0. The summed E-state index contributed by atoms with van der Waals surface area (Å²) >= 11 is 0. The quantitative estimate of drug-likeness (QED) is 0.837. The first-order valence-corrected chi connectivity index (χ1v) is 7.52. The van der Waals surface area contributed by atoms with E-state index in [1.54, 1.807) is 4.90 Å². The van der Waals surface area contributed by atoms with Crippen molar-refractivity contribution in [2.75, 3.05) is 33.7 Å². The highest BCUT2D eigenvalue weighted by Gasteiger charge is 2.29. The second kappa shape index (κ2) is 7.57. The number of carbonyl (C=O) groups is 1. The number of nitrogens with two attached hydrogens (primary N) is 1. The van der Waals surface area contributed by atoms with E-state index in [1.165, 1.54) is 0 Å². The third-order valence-electron chi connectivity index (χ3n) is 3.88. The van der Waals surface area contributed by atoms with Crippen molar-refractivity contribution < 1.29 is 4.79 Å². The van der Waals surface area contributed by atoms with Gasteiger partial charge < -0.3 is 10.6 Å². The van der Waals surface area contributed by atoms with E-state index in [0.29, 0.717) is 13.1 Å². The van der Waals surface area contributed by atoms with E-state index < -0.39 is 0 Å². The summed E-state index contributed by atoms with van der Waals surface area (Å²) in [4.78, 5) is 16.8. The average Bonchev–Trinajstić information content (AvgIpc) is 2.47. The minimum absolute atomic E-state index is 0.0730. The van der Waals surface area contributed by atoms with Crippen molar-refractivity contribution in [2.45, 2.75) is 26.8 Å². The van der Waals surface area contributed by atoms with Crippen LogP contribution in [0.5, 0.6) is 0 Å². The van der Waals surface area contributed by atoms with Crippen molar-refractivity contribution in [2.24, 2.45) is 11.1 Å². The number of nitrogens with zero attached hydrogens (tertiary/aromatic N) is 2. The minimum Gasteiger partial charge on any atom is -0.344 e. The van der Waals surface area contributed by atoms with Gasteiger partial charge in [-0.2, -0.15) is 0 Å². The molecule has 1 unspecified atom stereocenters. The molecule has 1 aromatic rings. The number of likely N-dealkylation sites (N-methyl/N-ethyl adjacent to an activating group) is 2. The number of rotatable bonds is 7. The molecule has 118 valence electrons. The molecule has 1 aromatic carbocycles. The molecule has 1 amide bonds. The smallest absolute Gasteiger partial charge is 0.244 e. The number of hydrogen-bond donors (Lipinski definition) is 1. The zero-order valence-electron chi connectivity index (χ0n) is 14.0. The van der Waals surface area contributed by atoms with E-state index in [2.05, 4.69) is 25.7 Å². The molecule has 0 aromatic heterocycles. The third kappa shape index (κ3) is 4.83. The summed E-state index contributed by atoms with van der Waals surface area (Å²) in [5.74, 6) is 0.118. The molecule has 2 N–H and O–H groups in total. The molecule has 0 bridgehead atoms. The molecule has 0 fully saturated rings. The van der Waals surface area contributed by atoms with E-state index in [1.807, 2.05) is 44.4 Å². The van der Waals surface area contributed by atoms with Crippen LogP contribution in [0.25, 0.3) is 0 Å². The number of amides is 1. The molecule has 0 heterocycles. The molecule has 0 saturated heterocycles. The summed E-state index contributed by atoms with van der Waals surface area (Å²) in [7, 11) is 3.84. The first-order chi connectivity index (χ1) is 9.82. The van der Waals surface area contributed by atoms with E-state index in [-0.39, 0.29) is 17.4 Å².